The minimum Gasteiger partial charge on any atom is -0.389 e. The maximum Gasteiger partial charge on any atom is 0.0989 e. The number of thioether (sulfide) groups is 1. The molecule has 0 radical (unpaired) electrons. The van der Waals surface area contributed by atoms with Crippen molar-refractivity contribution in [2.75, 3.05) is 12.4 Å². The summed E-state index contributed by atoms with van der Waals surface area (Å²) in [5, 5.41) is 9.42. The molecule has 1 aliphatic rings. The van der Waals surface area contributed by atoms with E-state index in [4.69, 9.17) is 5.11 Å². The summed E-state index contributed by atoms with van der Waals surface area (Å²) < 4.78 is 0. The Balaban J connectivity index is 2.59. The van der Waals surface area contributed by atoms with Crippen molar-refractivity contribution in [2.45, 2.75) is 6.92 Å². The highest BCUT2D eigenvalue weighted by Crippen LogP contribution is 2.14. The maximum atomic E-state index is 8.60. The molecule has 1 N–H and O–H groups in total. The van der Waals surface area contributed by atoms with Crippen LogP contribution in [0.4, 0.5) is 0 Å². The van der Waals surface area contributed by atoms with Gasteiger partial charge in [-0.05, 0) is 12.5 Å². The highest BCUT2D eigenvalue weighted by atomic mass is 32.2. The number of rotatable bonds is 1. The van der Waals surface area contributed by atoms with Gasteiger partial charge in [0, 0.05) is 12.0 Å². The lowest BCUT2D eigenvalue weighted by Crippen LogP contribution is -2.03. The molecule has 0 amide bonds. The molecule has 50 valence electrons. The Morgan fingerprint density at radius 1 is 1.89 bits per heavy atom. The smallest absolute Gasteiger partial charge is 0.0989 e. The third-order valence-corrected chi connectivity index (χ3v) is 2.20. The first-order chi connectivity index (χ1) is 4.33. The molecule has 1 rings (SSSR count). The summed E-state index contributed by atoms with van der Waals surface area (Å²) in [7, 11) is 0. The van der Waals surface area contributed by atoms with Crippen molar-refractivity contribution in [3.63, 3.8) is 0 Å². The van der Waals surface area contributed by atoms with Gasteiger partial charge in [0.1, 0.15) is 0 Å². The van der Waals surface area contributed by atoms with Crippen molar-refractivity contribution in [3.05, 3.63) is 11.8 Å². The van der Waals surface area contributed by atoms with E-state index in [9.17, 15) is 0 Å². The highest BCUT2D eigenvalue weighted by Gasteiger charge is 2.02. The third kappa shape index (κ3) is 1.84. The molecule has 0 fully saturated rings. The molecule has 9 heavy (non-hydrogen) atoms. The van der Waals surface area contributed by atoms with E-state index in [1.165, 1.54) is 5.57 Å². The van der Waals surface area contributed by atoms with Crippen molar-refractivity contribution >= 4 is 16.8 Å². The van der Waals surface area contributed by atoms with E-state index in [0.29, 0.717) is 0 Å². The average Bonchev–Trinajstić information content (AvgIpc) is 1.90. The summed E-state index contributed by atoms with van der Waals surface area (Å²) >= 11 is 1.60. The van der Waals surface area contributed by atoms with Crippen LogP contribution >= 0.6 is 11.8 Å². The van der Waals surface area contributed by atoms with E-state index in [2.05, 4.69) is 4.99 Å². The maximum absolute atomic E-state index is 8.60. The minimum absolute atomic E-state index is 0.0778. The Morgan fingerprint density at radius 3 is 3.11 bits per heavy atom. The summed E-state index contributed by atoms with van der Waals surface area (Å²) in [6.07, 6.45) is 1.81. The van der Waals surface area contributed by atoms with Crippen LogP contribution in [0.1, 0.15) is 6.92 Å². The molecule has 0 aromatic heterocycles. The van der Waals surface area contributed by atoms with Gasteiger partial charge in [-0.1, -0.05) is 0 Å². The first-order valence-corrected chi connectivity index (χ1v) is 3.77. The van der Waals surface area contributed by atoms with Crippen LogP contribution in [0.2, 0.25) is 0 Å². The normalized spacial score (nSPS) is 18.9. The molecule has 3 heteroatoms. The van der Waals surface area contributed by atoms with Crippen molar-refractivity contribution < 1.29 is 5.11 Å². The molecular weight excluding hydrogens is 134 g/mol. The zero-order valence-electron chi connectivity index (χ0n) is 5.29. The van der Waals surface area contributed by atoms with Gasteiger partial charge in [0.2, 0.25) is 0 Å². The first kappa shape index (κ1) is 6.83. The number of nitrogens with zero attached hydrogens (tertiary/aromatic N) is 1. The molecule has 0 atom stereocenters. The standard InChI is InChI=1S/C6H9NOS/c1-5-2-7-6(3-8)9-4-5/h2,8H,3-4H2,1H3. The summed E-state index contributed by atoms with van der Waals surface area (Å²) in [6, 6.07) is 0. The fourth-order valence-corrected chi connectivity index (χ4v) is 1.23. The topological polar surface area (TPSA) is 32.6 Å². The lowest BCUT2D eigenvalue weighted by molar-refractivity contribution is 0.360. The van der Waals surface area contributed by atoms with Crippen molar-refractivity contribution in [2.24, 2.45) is 4.99 Å². The second-order valence-electron chi connectivity index (χ2n) is 1.95. The third-order valence-electron chi connectivity index (χ3n) is 1.03. The molecule has 1 heterocycles. The van der Waals surface area contributed by atoms with Crippen LogP contribution in [0.25, 0.3) is 0 Å². The van der Waals surface area contributed by atoms with Crippen LogP contribution in [0.3, 0.4) is 0 Å². The predicted octanol–water partition coefficient (Wildman–Crippen LogP) is 1.03. The fourth-order valence-electron chi connectivity index (χ4n) is 0.540. The lowest BCUT2D eigenvalue weighted by Gasteiger charge is -2.06. The van der Waals surface area contributed by atoms with Gasteiger partial charge in [0.25, 0.3) is 0 Å². The van der Waals surface area contributed by atoms with Crippen LogP contribution in [0.15, 0.2) is 16.8 Å². The molecule has 0 aromatic rings. The van der Waals surface area contributed by atoms with Gasteiger partial charge in [0.15, 0.2) is 0 Å². The molecule has 0 bridgehead atoms. The average molecular weight is 143 g/mol. The Morgan fingerprint density at radius 2 is 2.67 bits per heavy atom. The molecule has 0 aliphatic carbocycles. The summed E-state index contributed by atoms with van der Waals surface area (Å²) in [5.41, 5.74) is 1.26. The van der Waals surface area contributed by atoms with E-state index in [1.807, 2.05) is 13.1 Å². The van der Waals surface area contributed by atoms with Crippen LogP contribution in [0, 0.1) is 0 Å². The zero-order chi connectivity index (χ0) is 6.69. The van der Waals surface area contributed by atoms with E-state index in [1.54, 1.807) is 11.8 Å². The van der Waals surface area contributed by atoms with Gasteiger partial charge in [-0.25, -0.2) is 0 Å². The van der Waals surface area contributed by atoms with Gasteiger partial charge in [0.05, 0.1) is 11.7 Å². The Labute approximate surface area is 58.7 Å². The SMILES string of the molecule is CC1=CN=C(CO)SC1. The lowest BCUT2D eigenvalue weighted by atomic mass is 10.4. The quantitative estimate of drug-likeness (QED) is 0.594. The summed E-state index contributed by atoms with van der Waals surface area (Å²) in [6.45, 7) is 2.11. The fraction of sp³-hybridized carbons (Fsp3) is 0.500. The van der Waals surface area contributed by atoms with E-state index in [-0.39, 0.29) is 6.61 Å². The van der Waals surface area contributed by atoms with Crippen LogP contribution < -0.4 is 0 Å². The zero-order valence-corrected chi connectivity index (χ0v) is 6.11. The second kappa shape index (κ2) is 3.03. The number of aliphatic hydroxyl groups excluding tert-OH is 1. The van der Waals surface area contributed by atoms with Gasteiger partial charge in [-0.15, -0.1) is 11.8 Å². The van der Waals surface area contributed by atoms with Gasteiger partial charge in [-0.2, -0.15) is 0 Å². The summed E-state index contributed by atoms with van der Waals surface area (Å²) in [4.78, 5) is 4.00. The monoisotopic (exact) mass is 143 g/mol. The predicted molar refractivity (Wildman–Crippen MR) is 40.7 cm³/mol. The van der Waals surface area contributed by atoms with Gasteiger partial charge in [-0.3, -0.25) is 4.99 Å². The van der Waals surface area contributed by atoms with Crippen LogP contribution in [0.5, 0.6) is 0 Å². The number of hydrogen-bond acceptors (Lipinski definition) is 3. The Hall–Kier alpha value is -0.280. The summed E-state index contributed by atoms with van der Waals surface area (Å²) in [5.74, 6) is 0.972. The number of aliphatic hydroxyl groups is 1. The molecular formula is C6H9NOS. The van der Waals surface area contributed by atoms with Gasteiger partial charge < -0.3 is 5.11 Å². The molecule has 0 aromatic carbocycles. The molecule has 0 saturated heterocycles. The molecule has 0 spiro atoms. The Kier molecular flexibility index (Phi) is 2.30. The van der Waals surface area contributed by atoms with Crippen LogP contribution in [-0.4, -0.2) is 22.5 Å². The van der Waals surface area contributed by atoms with Crippen molar-refractivity contribution in [1.82, 2.24) is 0 Å². The van der Waals surface area contributed by atoms with Gasteiger partial charge >= 0.3 is 0 Å². The number of hydrogen-bond donors (Lipinski definition) is 1. The first-order valence-electron chi connectivity index (χ1n) is 2.79. The molecule has 1 aliphatic heterocycles. The molecule has 0 unspecified atom stereocenters. The second-order valence-corrected chi connectivity index (χ2v) is 2.99. The van der Waals surface area contributed by atoms with E-state index in [0.717, 1.165) is 10.8 Å². The number of aliphatic imine (C=N–C) groups is 1. The van der Waals surface area contributed by atoms with Crippen LogP contribution in [-0.2, 0) is 0 Å². The van der Waals surface area contributed by atoms with E-state index >= 15 is 0 Å². The van der Waals surface area contributed by atoms with Crippen molar-refractivity contribution in [1.29, 1.82) is 0 Å². The highest BCUT2D eigenvalue weighted by molar-refractivity contribution is 8.14. The largest absolute Gasteiger partial charge is 0.389 e. The Bertz CT molecular complexity index is 162. The molecule has 0 saturated carbocycles. The minimum atomic E-state index is 0.0778. The van der Waals surface area contributed by atoms with Crippen molar-refractivity contribution in [3.8, 4) is 0 Å². The molecule has 2 nitrogen and oxygen atoms in total. The van der Waals surface area contributed by atoms with E-state index < -0.39 is 0 Å².